The zero-order valence-corrected chi connectivity index (χ0v) is 13.1. The van der Waals surface area contributed by atoms with Crippen LogP contribution in [0.1, 0.15) is 29.6 Å². The van der Waals surface area contributed by atoms with Gasteiger partial charge in [0.05, 0.1) is 11.3 Å². The Morgan fingerprint density at radius 2 is 2.22 bits per heavy atom. The number of carbonyl (C=O) groups is 2. The average Bonchev–Trinajstić information content (AvgIpc) is 3.01. The van der Waals surface area contributed by atoms with Crippen molar-refractivity contribution < 1.29 is 14.3 Å². The maximum atomic E-state index is 13.0. The highest BCUT2D eigenvalue weighted by Crippen LogP contribution is 2.38. The minimum Gasteiger partial charge on any atom is -0.481 e. The van der Waals surface area contributed by atoms with Gasteiger partial charge in [0.15, 0.2) is 12.4 Å². The highest BCUT2D eigenvalue weighted by Gasteiger charge is 2.40. The Morgan fingerprint density at radius 3 is 3.04 bits per heavy atom. The van der Waals surface area contributed by atoms with Crippen LogP contribution in [0.15, 0.2) is 18.2 Å². The second kappa shape index (κ2) is 5.53. The van der Waals surface area contributed by atoms with E-state index in [2.05, 4.69) is 10.6 Å². The molecule has 2 fully saturated rings. The minimum absolute atomic E-state index is 0.00368. The smallest absolute Gasteiger partial charge is 0.262 e. The first-order valence-electron chi connectivity index (χ1n) is 8.23. The first kappa shape index (κ1) is 14.5. The van der Waals surface area contributed by atoms with Gasteiger partial charge in [-0.1, -0.05) is 6.07 Å². The van der Waals surface area contributed by atoms with Crippen LogP contribution in [0.3, 0.4) is 0 Å². The standard InChI is InChI=1S/C17H21N3O3/c21-14-9-23-15-12(3-1-4-13(15)19-14)16(22)20-8-2-5-17(11-20)6-7-18-10-17/h1,3-4,18H,2,5-11H2,(H,19,21). The molecule has 0 aromatic heterocycles. The molecule has 3 aliphatic heterocycles. The monoisotopic (exact) mass is 315 g/mol. The van der Waals surface area contributed by atoms with Crippen molar-refractivity contribution in [3.8, 4) is 5.75 Å². The number of fused-ring (bicyclic) bond motifs is 1. The van der Waals surface area contributed by atoms with Gasteiger partial charge >= 0.3 is 0 Å². The molecular formula is C17H21N3O3. The number of nitrogens with one attached hydrogen (secondary N) is 2. The average molecular weight is 315 g/mol. The molecule has 1 unspecified atom stereocenters. The Kier molecular flexibility index (Phi) is 3.49. The van der Waals surface area contributed by atoms with E-state index in [1.165, 1.54) is 6.42 Å². The van der Waals surface area contributed by atoms with Gasteiger partial charge in [0.1, 0.15) is 0 Å². The van der Waals surface area contributed by atoms with Crippen molar-refractivity contribution in [2.75, 3.05) is 38.1 Å². The number of amides is 2. The van der Waals surface area contributed by atoms with Crippen LogP contribution in [0, 0.1) is 5.41 Å². The van der Waals surface area contributed by atoms with Gasteiger partial charge in [-0.15, -0.1) is 0 Å². The molecule has 122 valence electrons. The van der Waals surface area contributed by atoms with Gasteiger partial charge in [-0.05, 0) is 37.9 Å². The molecule has 0 radical (unpaired) electrons. The molecule has 1 spiro atoms. The molecule has 2 amide bonds. The number of rotatable bonds is 1. The van der Waals surface area contributed by atoms with Crippen molar-refractivity contribution in [3.05, 3.63) is 23.8 Å². The lowest BCUT2D eigenvalue weighted by Crippen LogP contribution is -2.47. The van der Waals surface area contributed by atoms with Crippen LogP contribution in [0.4, 0.5) is 5.69 Å². The summed E-state index contributed by atoms with van der Waals surface area (Å²) in [6, 6.07) is 5.34. The van der Waals surface area contributed by atoms with Gasteiger partial charge in [0, 0.05) is 25.0 Å². The molecule has 1 atom stereocenters. The largest absolute Gasteiger partial charge is 0.481 e. The third-order valence-electron chi connectivity index (χ3n) is 5.15. The molecule has 3 aliphatic rings. The predicted octanol–water partition coefficient (Wildman–Crippen LogP) is 1.23. The van der Waals surface area contributed by atoms with E-state index in [0.717, 1.165) is 39.0 Å². The van der Waals surface area contributed by atoms with Crippen molar-refractivity contribution in [3.63, 3.8) is 0 Å². The molecule has 3 heterocycles. The summed E-state index contributed by atoms with van der Waals surface area (Å²) in [5.41, 5.74) is 1.37. The highest BCUT2D eigenvalue weighted by atomic mass is 16.5. The van der Waals surface area contributed by atoms with Crippen LogP contribution in [0.5, 0.6) is 5.75 Å². The van der Waals surface area contributed by atoms with E-state index in [4.69, 9.17) is 4.74 Å². The van der Waals surface area contributed by atoms with Crippen LogP contribution in [0.25, 0.3) is 0 Å². The lowest BCUT2D eigenvalue weighted by atomic mass is 9.79. The fraction of sp³-hybridized carbons (Fsp3) is 0.529. The number of likely N-dealkylation sites (tertiary alicyclic amines) is 1. The number of hydrogen-bond acceptors (Lipinski definition) is 4. The van der Waals surface area contributed by atoms with Crippen LogP contribution in [0.2, 0.25) is 0 Å². The van der Waals surface area contributed by atoms with Crippen molar-refractivity contribution in [2.24, 2.45) is 5.41 Å². The molecular weight excluding hydrogens is 294 g/mol. The van der Waals surface area contributed by atoms with Crippen LogP contribution in [-0.4, -0.2) is 49.5 Å². The predicted molar refractivity (Wildman–Crippen MR) is 85.6 cm³/mol. The second-order valence-electron chi connectivity index (χ2n) is 6.78. The summed E-state index contributed by atoms with van der Waals surface area (Å²) in [6.45, 7) is 3.59. The molecule has 23 heavy (non-hydrogen) atoms. The van der Waals surface area contributed by atoms with Gasteiger partial charge in [-0.25, -0.2) is 0 Å². The van der Waals surface area contributed by atoms with E-state index in [1.54, 1.807) is 18.2 Å². The lowest BCUT2D eigenvalue weighted by Gasteiger charge is -2.40. The number of hydrogen-bond donors (Lipinski definition) is 2. The number of para-hydroxylation sites is 1. The van der Waals surface area contributed by atoms with Gasteiger partial charge in [-0.3, -0.25) is 9.59 Å². The van der Waals surface area contributed by atoms with Gasteiger partial charge in [0.2, 0.25) is 0 Å². The van der Waals surface area contributed by atoms with Crippen molar-refractivity contribution in [1.82, 2.24) is 10.2 Å². The van der Waals surface area contributed by atoms with Crippen molar-refractivity contribution in [1.29, 1.82) is 0 Å². The van der Waals surface area contributed by atoms with E-state index < -0.39 is 0 Å². The first-order chi connectivity index (χ1) is 11.2. The topological polar surface area (TPSA) is 70.7 Å². The van der Waals surface area contributed by atoms with Crippen LogP contribution >= 0.6 is 0 Å². The zero-order chi connectivity index (χ0) is 15.9. The van der Waals surface area contributed by atoms with E-state index in [9.17, 15) is 9.59 Å². The SMILES string of the molecule is O=C1COc2c(cccc2C(=O)N2CCCC3(CCNC3)C2)N1. The molecule has 2 saturated heterocycles. The third-order valence-corrected chi connectivity index (χ3v) is 5.15. The second-order valence-corrected chi connectivity index (χ2v) is 6.78. The lowest BCUT2D eigenvalue weighted by molar-refractivity contribution is -0.118. The van der Waals surface area contributed by atoms with E-state index in [1.807, 2.05) is 4.90 Å². The Bertz CT molecular complexity index is 652. The Hall–Kier alpha value is -2.08. The maximum Gasteiger partial charge on any atom is 0.262 e. The van der Waals surface area contributed by atoms with E-state index in [0.29, 0.717) is 17.0 Å². The number of piperidine rings is 1. The summed E-state index contributed by atoms with van der Waals surface area (Å²) in [6.07, 6.45) is 3.36. The minimum atomic E-state index is -0.184. The number of benzene rings is 1. The quantitative estimate of drug-likeness (QED) is 0.818. The van der Waals surface area contributed by atoms with Gasteiger partial charge in [0.25, 0.3) is 11.8 Å². The zero-order valence-electron chi connectivity index (χ0n) is 13.1. The number of ether oxygens (including phenoxy) is 1. The van der Waals surface area contributed by atoms with Crippen LogP contribution in [-0.2, 0) is 4.79 Å². The fourth-order valence-corrected chi connectivity index (χ4v) is 3.98. The first-order valence-corrected chi connectivity index (χ1v) is 8.23. The molecule has 6 nitrogen and oxygen atoms in total. The number of carbonyl (C=O) groups excluding carboxylic acids is 2. The Balaban J connectivity index is 1.60. The third kappa shape index (κ3) is 2.57. The summed E-state index contributed by atoms with van der Waals surface area (Å²) in [5.74, 6) is 0.321. The van der Waals surface area contributed by atoms with Gasteiger partial charge in [-0.2, -0.15) is 0 Å². The normalized spacial score (nSPS) is 26.6. The van der Waals surface area contributed by atoms with Crippen molar-refractivity contribution >= 4 is 17.5 Å². The highest BCUT2D eigenvalue weighted by molar-refractivity contribution is 6.03. The summed E-state index contributed by atoms with van der Waals surface area (Å²) >= 11 is 0. The molecule has 1 aromatic carbocycles. The molecule has 0 bridgehead atoms. The fourth-order valence-electron chi connectivity index (χ4n) is 3.98. The Labute approximate surface area is 135 Å². The van der Waals surface area contributed by atoms with Crippen LogP contribution < -0.4 is 15.4 Å². The molecule has 1 aromatic rings. The number of anilines is 1. The van der Waals surface area contributed by atoms with Gasteiger partial charge < -0.3 is 20.3 Å². The number of nitrogens with zero attached hydrogens (tertiary/aromatic N) is 1. The maximum absolute atomic E-state index is 13.0. The van der Waals surface area contributed by atoms with E-state index >= 15 is 0 Å². The molecule has 4 rings (SSSR count). The summed E-state index contributed by atoms with van der Waals surface area (Å²) in [4.78, 5) is 26.4. The molecule has 6 heteroatoms. The summed E-state index contributed by atoms with van der Waals surface area (Å²) in [7, 11) is 0. The molecule has 0 aliphatic carbocycles. The van der Waals surface area contributed by atoms with Crippen molar-refractivity contribution in [2.45, 2.75) is 19.3 Å². The molecule has 0 saturated carbocycles. The summed E-state index contributed by atoms with van der Waals surface area (Å²) in [5, 5.41) is 6.19. The summed E-state index contributed by atoms with van der Waals surface area (Å²) < 4.78 is 5.52. The van der Waals surface area contributed by atoms with E-state index in [-0.39, 0.29) is 23.8 Å². The Morgan fingerprint density at radius 1 is 1.30 bits per heavy atom. The molecule has 2 N–H and O–H groups in total.